The first-order valence-electron chi connectivity index (χ1n) is 8.24. The third kappa shape index (κ3) is 2.44. The number of carbonyl (C=O) groups excluding carboxylic acids is 1. The van der Waals surface area contributed by atoms with Crippen LogP contribution in [-0.4, -0.2) is 19.5 Å². The Morgan fingerprint density at radius 2 is 2.14 bits per heavy atom. The van der Waals surface area contributed by atoms with E-state index in [-0.39, 0.29) is 5.41 Å². The molecule has 0 aromatic rings. The fourth-order valence-corrected chi connectivity index (χ4v) is 4.73. The lowest BCUT2D eigenvalue weighted by atomic mass is 9.59. The Morgan fingerprint density at radius 1 is 1.33 bits per heavy atom. The molecule has 3 rings (SSSR count). The van der Waals surface area contributed by atoms with Crippen LogP contribution in [0, 0.1) is 17.3 Å². The summed E-state index contributed by atoms with van der Waals surface area (Å²) in [6.07, 6.45) is 11.7. The topological polar surface area (TPSA) is 26.3 Å². The molecular weight excluding hydrogens is 260 g/mol. The van der Waals surface area contributed by atoms with Crippen molar-refractivity contribution in [3.8, 4) is 0 Å². The predicted molar refractivity (Wildman–Crippen MR) is 85.0 cm³/mol. The highest BCUT2D eigenvalue weighted by Gasteiger charge is 2.43. The van der Waals surface area contributed by atoms with Gasteiger partial charge in [-0.15, -0.1) is 0 Å². The normalized spacial score (nSPS) is 35.4. The maximum Gasteiger partial charge on any atom is 0.156 e. The van der Waals surface area contributed by atoms with Gasteiger partial charge in [-0.05, 0) is 53.9 Å². The van der Waals surface area contributed by atoms with Gasteiger partial charge in [-0.3, -0.25) is 4.79 Å². The van der Waals surface area contributed by atoms with Gasteiger partial charge in [0.05, 0.1) is 6.61 Å². The lowest BCUT2D eigenvalue weighted by Gasteiger charge is -2.46. The molecule has 0 aliphatic heterocycles. The molecule has 0 radical (unpaired) electrons. The van der Waals surface area contributed by atoms with Crippen molar-refractivity contribution in [3.63, 3.8) is 0 Å². The highest BCUT2D eigenvalue weighted by Crippen LogP contribution is 2.51. The molecule has 3 aliphatic rings. The zero-order valence-corrected chi connectivity index (χ0v) is 13.4. The standard InChI is InChI=1S/C19H26O2/c1-4-18-17-7-5-13-11-14(20)6-8-15(13)16(17)9-10-19(18,2)12-21-3/h9-11,17-18H,4-8,12H2,1-3H3/t17-,18+,19-/m1/s1. The Morgan fingerprint density at radius 3 is 2.86 bits per heavy atom. The predicted octanol–water partition coefficient (Wildman–Crippen LogP) is 4.23. The van der Waals surface area contributed by atoms with E-state index in [0.29, 0.717) is 24.0 Å². The minimum Gasteiger partial charge on any atom is -0.384 e. The molecule has 3 atom stereocenters. The smallest absolute Gasteiger partial charge is 0.156 e. The molecule has 0 aromatic heterocycles. The van der Waals surface area contributed by atoms with Gasteiger partial charge in [-0.25, -0.2) is 0 Å². The molecule has 0 spiro atoms. The van der Waals surface area contributed by atoms with Gasteiger partial charge in [0.15, 0.2) is 5.78 Å². The van der Waals surface area contributed by atoms with E-state index in [2.05, 4.69) is 26.0 Å². The van der Waals surface area contributed by atoms with Crippen molar-refractivity contribution in [2.45, 2.75) is 46.0 Å². The maximum absolute atomic E-state index is 11.7. The van der Waals surface area contributed by atoms with Gasteiger partial charge >= 0.3 is 0 Å². The lowest BCUT2D eigenvalue weighted by Crippen LogP contribution is -2.40. The van der Waals surface area contributed by atoms with Gasteiger partial charge in [0.2, 0.25) is 0 Å². The third-order valence-corrected chi connectivity index (χ3v) is 5.69. The van der Waals surface area contributed by atoms with Crippen molar-refractivity contribution in [1.82, 2.24) is 0 Å². The number of rotatable bonds is 3. The van der Waals surface area contributed by atoms with Crippen LogP contribution in [0.15, 0.2) is 34.9 Å². The number of allylic oxidation sites excluding steroid dienone is 5. The van der Waals surface area contributed by atoms with E-state index in [1.165, 1.54) is 29.6 Å². The van der Waals surface area contributed by atoms with E-state index in [1.54, 1.807) is 7.11 Å². The largest absolute Gasteiger partial charge is 0.384 e. The van der Waals surface area contributed by atoms with Crippen molar-refractivity contribution >= 4 is 5.78 Å². The number of ether oxygens (including phenoxy) is 1. The van der Waals surface area contributed by atoms with Crippen LogP contribution in [0.4, 0.5) is 0 Å². The minimum absolute atomic E-state index is 0.143. The third-order valence-electron chi connectivity index (χ3n) is 5.69. The molecular formula is C19H26O2. The second-order valence-corrected chi connectivity index (χ2v) is 7.00. The molecule has 2 nitrogen and oxygen atoms in total. The molecule has 21 heavy (non-hydrogen) atoms. The molecule has 0 heterocycles. The molecule has 0 saturated carbocycles. The van der Waals surface area contributed by atoms with Crippen LogP contribution in [0.2, 0.25) is 0 Å². The quantitative estimate of drug-likeness (QED) is 0.776. The summed E-state index contributed by atoms with van der Waals surface area (Å²) in [6, 6.07) is 0. The van der Waals surface area contributed by atoms with E-state index in [1.807, 2.05) is 6.08 Å². The van der Waals surface area contributed by atoms with E-state index < -0.39 is 0 Å². The van der Waals surface area contributed by atoms with Gasteiger partial charge in [0, 0.05) is 18.9 Å². The zero-order chi connectivity index (χ0) is 15.0. The van der Waals surface area contributed by atoms with Crippen molar-refractivity contribution in [2.24, 2.45) is 17.3 Å². The average molecular weight is 286 g/mol. The first-order valence-corrected chi connectivity index (χ1v) is 8.24. The summed E-state index contributed by atoms with van der Waals surface area (Å²) >= 11 is 0. The van der Waals surface area contributed by atoms with Crippen LogP contribution in [0.5, 0.6) is 0 Å². The van der Waals surface area contributed by atoms with Gasteiger partial charge in [0.1, 0.15) is 0 Å². The summed E-state index contributed by atoms with van der Waals surface area (Å²) < 4.78 is 5.49. The monoisotopic (exact) mass is 286 g/mol. The molecule has 0 aromatic carbocycles. The fraction of sp³-hybridized carbons (Fsp3) is 0.632. The van der Waals surface area contributed by atoms with Gasteiger partial charge in [-0.1, -0.05) is 32.4 Å². The number of hydrogen-bond acceptors (Lipinski definition) is 2. The Labute approximate surface area is 127 Å². The summed E-state index contributed by atoms with van der Waals surface area (Å²) in [5, 5.41) is 0. The van der Waals surface area contributed by atoms with Gasteiger partial charge in [-0.2, -0.15) is 0 Å². The Kier molecular flexibility index (Phi) is 3.92. The fourth-order valence-electron chi connectivity index (χ4n) is 4.73. The van der Waals surface area contributed by atoms with Crippen molar-refractivity contribution in [1.29, 1.82) is 0 Å². The number of fused-ring (bicyclic) bond motifs is 2. The zero-order valence-electron chi connectivity index (χ0n) is 13.4. The summed E-state index contributed by atoms with van der Waals surface area (Å²) in [4.78, 5) is 11.7. The van der Waals surface area contributed by atoms with Crippen molar-refractivity contribution < 1.29 is 9.53 Å². The number of carbonyl (C=O) groups is 1. The Hall–Kier alpha value is -1.15. The Bertz CT molecular complexity index is 538. The van der Waals surface area contributed by atoms with Crippen LogP contribution in [0.1, 0.15) is 46.0 Å². The molecule has 2 heteroatoms. The first-order chi connectivity index (χ1) is 10.1. The molecule has 0 fully saturated rings. The molecule has 114 valence electrons. The maximum atomic E-state index is 11.7. The average Bonchev–Trinajstić information content (AvgIpc) is 2.46. The van der Waals surface area contributed by atoms with Crippen molar-refractivity contribution in [3.05, 3.63) is 34.9 Å². The van der Waals surface area contributed by atoms with Crippen LogP contribution >= 0.6 is 0 Å². The first kappa shape index (κ1) is 14.8. The van der Waals surface area contributed by atoms with Crippen LogP contribution in [0.3, 0.4) is 0 Å². The van der Waals surface area contributed by atoms with E-state index in [4.69, 9.17) is 4.74 Å². The highest BCUT2D eigenvalue weighted by atomic mass is 16.5. The number of ketones is 1. The second kappa shape index (κ2) is 5.57. The van der Waals surface area contributed by atoms with E-state index in [9.17, 15) is 4.79 Å². The van der Waals surface area contributed by atoms with Gasteiger partial charge < -0.3 is 4.74 Å². The summed E-state index contributed by atoms with van der Waals surface area (Å²) in [5.74, 6) is 1.59. The summed E-state index contributed by atoms with van der Waals surface area (Å²) in [6.45, 7) is 5.43. The molecule has 0 bridgehead atoms. The Balaban J connectivity index is 2.04. The van der Waals surface area contributed by atoms with E-state index in [0.717, 1.165) is 19.4 Å². The lowest BCUT2D eigenvalue weighted by molar-refractivity contribution is -0.114. The molecule has 0 amide bonds. The van der Waals surface area contributed by atoms with Crippen molar-refractivity contribution in [2.75, 3.05) is 13.7 Å². The van der Waals surface area contributed by atoms with E-state index >= 15 is 0 Å². The highest BCUT2D eigenvalue weighted by molar-refractivity contribution is 5.93. The molecule has 0 N–H and O–H groups in total. The molecule has 0 unspecified atom stereocenters. The molecule has 0 saturated heterocycles. The number of hydrogen-bond donors (Lipinski definition) is 0. The minimum atomic E-state index is 0.143. The van der Waals surface area contributed by atoms with Gasteiger partial charge in [0.25, 0.3) is 0 Å². The SMILES string of the molecule is CC[C@H]1[C@@H]2CCC3=CC(=O)CCC3=C2C=C[C@]1(C)COC. The number of methoxy groups -OCH3 is 1. The summed E-state index contributed by atoms with van der Waals surface area (Å²) in [5.41, 5.74) is 4.44. The summed E-state index contributed by atoms with van der Waals surface area (Å²) in [7, 11) is 1.80. The van der Waals surface area contributed by atoms with Crippen LogP contribution in [0.25, 0.3) is 0 Å². The van der Waals surface area contributed by atoms with Crippen LogP contribution in [-0.2, 0) is 9.53 Å². The van der Waals surface area contributed by atoms with Crippen LogP contribution < -0.4 is 0 Å². The second-order valence-electron chi connectivity index (χ2n) is 7.00. The molecule has 3 aliphatic carbocycles.